The van der Waals surface area contributed by atoms with Crippen molar-refractivity contribution >= 4 is 50.4 Å². The number of nitrogens with zero attached hydrogens (tertiary/aromatic N) is 2. The average Bonchev–Trinajstić information content (AvgIpc) is 4.00. The SMILES string of the molecule is C=C[C@@H]1C[C@]1(CC(=O)[C@@H]1C[C@@H]2CN1C(=O)[C@H](C(C)(C)C)CC(=O)OCCCCC/C=C/c1ccc3ccnc(c3c1)O2)C(=O)NS(=O)(=O)C1CC1. The number of amides is 2. The fourth-order valence-electron chi connectivity index (χ4n) is 7.39. The minimum atomic E-state index is -3.84. The number of hydrogen-bond donors (Lipinski definition) is 1. The molecule has 1 saturated heterocycles. The molecule has 274 valence electrons. The molecule has 3 fully saturated rings. The highest BCUT2D eigenvalue weighted by Crippen LogP contribution is 2.57. The highest BCUT2D eigenvalue weighted by atomic mass is 32.2. The maximum atomic E-state index is 14.5. The highest BCUT2D eigenvalue weighted by molar-refractivity contribution is 7.90. The van der Waals surface area contributed by atoms with E-state index >= 15 is 0 Å². The summed E-state index contributed by atoms with van der Waals surface area (Å²) in [5.74, 6) is -2.72. The first-order chi connectivity index (χ1) is 24.2. The van der Waals surface area contributed by atoms with Crippen LogP contribution in [0.25, 0.3) is 16.8 Å². The van der Waals surface area contributed by atoms with Crippen LogP contribution in [-0.4, -0.2) is 72.4 Å². The molecule has 6 rings (SSSR count). The Balaban J connectivity index is 1.32. The third kappa shape index (κ3) is 8.21. The van der Waals surface area contributed by atoms with Gasteiger partial charge in [0.2, 0.25) is 27.7 Å². The molecule has 5 atom stereocenters. The number of ketones is 1. The summed E-state index contributed by atoms with van der Waals surface area (Å²) in [4.78, 5) is 61.5. The van der Waals surface area contributed by atoms with Gasteiger partial charge in [0.05, 0.1) is 42.2 Å². The number of aromatic nitrogens is 1. The minimum Gasteiger partial charge on any atom is -0.472 e. The summed E-state index contributed by atoms with van der Waals surface area (Å²) in [5.41, 5.74) is -0.934. The molecule has 2 aliphatic carbocycles. The zero-order chi connectivity index (χ0) is 36.6. The van der Waals surface area contributed by atoms with Gasteiger partial charge in [-0.2, -0.15) is 0 Å². The van der Waals surface area contributed by atoms with Crippen LogP contribution in [0.4, 0.5) is 0 Å². The van der Waals surface area contributed by atoms with Gasteiger partial charge in [-0.15, -0.1) is 6.58 Å². The van der Waals surface area contributed by atoms with Gasteiger partial charge in [-0.3, -0.25) is 23.9 Å². The number of esters is 1. The number of carbonyl (C=O) groups excluding carboxylic acids is 4. The Labute approximate surface area is 300 Å². The molecule has 3 heterocycles. The van der Waals surface area contributed by atoms with Gasteiger partial charge in [-0.05, 0) is 79.4 Å². The van der Waals surface area contributed by atoms with E-state index in [9.17, 15) is 27.6 Å². The molecule has 0 spiro atoms. The zero-order valence-corrected chi connectivity index (χ0v) is 30.6. The molecular weight excluding hydrogens is 671 g/mol. The summed E-state index contributed by atoms with van der Waals surface area (Å²) >= 11 is 0. The molecule has 1 aromatic carbocycles. The normalized spacial score (nSPS) is 28.4. The van der Waals surface area contributed by atoms with E-state index in [2.05, 4.69) is 28.4 Å². The maximum absolute atomic E-state index is 14.5. The van der Waals surface area contributed by atoms with E-state index in [1.165, 1.54) is 4.90 Å². The van der Waals surface area contributed by atoms with Gasteiger partial charge in [0.1, 0.15) is 6.10 Å². The molecule has 51 heavy (non-hydrogen) atoms. The predicted octanol–water partition coefficient (Wildman–Crippen LogP) is 5.53. The molecule has 1 N–H and O–H groups in total. The second-order valence-electron chi connectivity index (χ2n) is 15.7. The van der Waals surface area contributed by atoms with Crippen LogP contribution in [0.2, 0.25) is 0 Å². The summed E-state index contributed by atoms with van der Waals surface area (Å²) in [6.45, 7) is 9.79. The summed E-state index contributed by atoms with van der Waals surface area (Å²) in [7, 11) is -3.84. The zero-order valence-electron chi connectivity index (χ0n) is 29.8. The van der Waals surface area contributed by atoms with Crippen molar-refractivity contribution in [1.82, 2.24) is 14.6 Å². The molecule has 1 aromatic heterocycles. The Morgan fingerprint density at radius 2 is 1.92 bits per heavy atom. The van der Waals surface area contributed by atoms with Gasteiger partial charge in [-0.1, -0.05) is 51.1 Å². The molecule has 0 radical (unpaired) electrons. The number of fused-ring (bicyclic) bond motifs is 3. The maximum Gasteiger partial charge on any atom is 0.306 e. The van der Waals surface area contributed by atoms with Crippen LogP contribution in [0.15, 0.2) is 49.2 Å². The number of ether oxygens (including phenoxy) is 2. The van der Waals surface area contributed by atoms with Crippen molar-refractivity contribution < 1.29 is 37.1 Å². The third-order valence-corrected chi connectivity index (χ3v) is 12.6. The second kappa shape index (κ2) is 14.5. The van der Waals surface area contributed by atoms with E-state index in [1.54, 1.807) is 12.3 Å². The van der Waals surface area contributed by atoms with Gasteiger partial charge < -0.3 is 14.4 Å². The standard InChI is InChI=1S/C39H49N3O8S/c1-5-27-22-39(27,37(46)41-51(47,48)29-14-15-29)23-33(43)32-20-28-24-42(32)36(45)31(38(2,3)4)21-34(44)49-18-10-8-6-7-9-11-25-12-13-26-16-17-40-35(50-28)30(26)19-25/h5,9,11-13,16-17,19,27-29,31-32H,1,6-8,10,14-15,18,20-24H2,2-4H3,(H,41,46)/b11-9+/t27-,28-,31-,32+,39-/m1/s1. The summed E-state index contributed by atoms with van der Waals surface area (Å²) in [6.07, 6.45) is 11.2. The number of pyridine rings is 1. The molecule has 4 bridgehead atoms. The van der Waals surface area contributed by atoms with Crippen LogP contribution >= 0.6 is 0 Å². The van der Waals surface area contributed by atoms with Crippen molar-refractivity contribution in [3.05, 3.63) is 54.8 Å². The molecule has 2 aromatic rings. The molecule has 2 saturated carbocycles. The van der Waals surface area contributed by atoms with Gasteiger partial charge in [-0.25, -0.2) is 13.4 Å². The van der Waals surface area contributed by atoms with Crippen LogP contribution in [0.3, 0.4) is 0 Å². The van der Waals surface area contributed by atoms with Crippen molar-refractivity contribution in [3.63, 3.8) is 0 Å². The van der Waals surface area contributed by atoms with E-state index in [4.69, 9.17) is 9.47 Å². The van der Waals surface area contributed by atoms with Crippen molar-refractivity contribution in [2.45, 2.75) is 102 Å². The van der Waals surface area contributed by atoms with E-state index < -0.39 is 56.0 Å². The first-order valence-electron chi connectivity index (χ1n) is 18.1. The number of sulfonamides is 1. The minimum absolute atomic E-state index is 0.0642. The summed E-state index contributed by atoms with van der Waals surface area (Å²) < 4.78 is 39.7. The molecule has 4 aliphatic rings. The van der Waals surface area contributed by atoms with Crippen molar-refractivity contribution in [1.29, 1.82) is 0 Å². The molecule has 0 unspecified atom stereocenters. The van der Waals surface area contributed by atoms with Gasteiger partial charge >= 0.3 is 5.97 Å². The largest absolute Gasteiger partial charge is 0.472 e. The predicted molar refractivity (Wildman–Crippen MR) is 193 cm³/mol. The van der Waals surface area contributed by atoms with Gasteiger partial charge in [0.15, 0.2) is 5.78 Å². The van der Waals surface area contributed by atoms with E-state index in [-0.39, 0.29) is 56.4 Å². The number of benzene rings is 1. The molecular formula is C39H49N3O8S. The Bertz CT molecular complexity index is 1850. The number of allylic oxidation sites excluding steroid dienone is 2. The quantitative estimate of drug-likeness (QED) is 0.288. The number of nitrogens with one attached hydrogen (secondary N) is 1. The number of rotatable bonds is 7. The van der Waals surface area contributed by atoms with Crippen molar-refractivity contribution in [2.24, 2.45) is 22.7 Å². The lowest BCUT2D eigenvalue weighted by Crippen LogP contribution is -2.48. The van der Waals surface area contributed by atoms with Gasteiger partial charge in [0.25, 0.3) is 0 Å². The number of Topliss-reactive ketones (excluding diaryl/α,β-unsaturated/α-hetero) is 1. The fraction of sp³-hybridized carbons (Fsp3) is 0.564. The van der Waals surface area contributed by atoms with Crippen LogP contribution in [0, 0.1) is 22.7 Å². The van der Waals surface area contributed by atoms with Crippen LogP contribution in [0.5, 0.6) is 5.88 Å². The Morgan fingerprint density at radius 1 is 1.14 bits per heavy atom. The lowest BCUT2D eigenvalue weighted by molar-refractivity contribution is -0.153. The Kier molecular flexibility index (Phi) is 10.5. The molecule has 2 aliphatic heterocycles. The molecule has 2 amide bonds. The number of cyclic esters (lactones) is 1. The van der Waals surface area contributed by atoms with Crippen molar-refractivity contribution in [3.8, 4) is 5.88 Å². The Morgan fingerprint density at radius 3 is 2.63 bits per heavy atom. The second-order valence-corrected chi connectivity index (χ2v) is 17.7. The Hall–Kier alpha value is -4.06. The highest BCUT2D eigenvalue weighted by Gasteiger charge is 2.61. The summed E-state index contributed by atoms with van der Waals surface area (Å²) in [5, 5.41) is 1.14. The number of hydrogen-bond acceptors (Lipinski definition) is 9. The molecule has 12 heteroatoms. The smallest absolute Gasteiger partial charge is 0.306 e. The van der Waals surface area contributed by atoms with E-state index in [1.807, 2.05) is 45.0 Å². The lowest BCUT2D eigenvalue weighted by atomic mass is 9.77. The molecule has 11 nitrogen and oxygen atoms in total. The number of carbonyl (C=O) groups is 4. The first-order valence-corrected chi connectivity index (χ1v) is 19.7. The first kappa shape index (κ1) is 36.7. The van der Waals surface area contributed by atoms with E-state index in [0.29, 0.717) is 25.1 Å². The van der Waals surface area contributed by atoms with Crippen LogP contribution in [-0.2, 0) is 33.9 Å². The van der Waals surface area contributed by atoms with Crippen molar-refractivity contribution in [2.75, 3.05) is 13.2 Å². The van der Waals surface area contributed by atoms with E-state index in [0.717, 1.165) is 35.6 Å². The lowest BCUT2D eigenvalue weighted by Gasteiger charge is -2.34. The topological polar surface area (TPSA) is 149 Å². The monoisotopic (exact) mass is 719 g/mol. The third-order valence-electron chi connectivity index (χ3n) is 10.8. The average molecular weight is 720 g/mol. The summed E-state index contributed by atoms with van der Waals surface area (Å²) in [6, 6.07) is 6.98. The van der Waals surface area contributed by atoms with Crippen LogP contribution < -0.4 is 9.46 Å². The fourth-order valence-corrected chi connectivity index (χ4v) is 8.78. The van der Waals surface area contributed by atoms with Crippen LogP contribution in [0.1, 0.15) is 90.5 Å². The van der Waals surface area contributed by atoms with Gasteiger partial charge in [0, 0.05) is 24.4 Å².